The van der Waals surface area contributed by atoms with Crippen molar-refractivity contribution in [2.24, 2.45) is 0 Å². The maximum absolute atomic E-state index is 11.4. The molecule has 5 heteroatoms. The maximum Gasteiger partial charge on any atom is 0.408 e. The van der Waals surface area contributed by atoms with E-state index in [0.717, 1.165) is 0 Å². The summed E-state index contributed by atoms with van der Waals surface area (Å²) in [6.07, 6.45) is -0.518. The van der Waals surface area contributed by atoms with Crippen LogP contribution in [-0.4, -0.2) is 34.5 Å². The van der Waals surface area contributed by atoms with Gasteiger partial charge in [-0.2, -0.15) is 0 Å². The average Bonchev–Trinajstić information content (AvgIpc) is 2.32. The van der Waals surface area contributed by atoms with Crippen molar-refractivity contribution in [1.29, 1.82) is 0 Å². The molecule has 0 bridgehead atoms. The van der Waals surface area contributed by atoms with E-state index < -0.39 is 17.7 Å². The second kappa shape index (κ2) is 4.43. The smallest absolute Gasteiger partial charge is 0.408 e. The number of Topliss-reactive ketones (excluding diaryl/α,β-unsaturated/α-hetero) is 1. The number of hydrogen-bond donors (Lipinski definition) is 1. The van der Waals surface area contributed by atoms with Crippen molar-refractivity contribution in [2.45, 2.75) is 44.6 Å². The zero-order valence-electron chi connectivity index (χ0n) is 9.49. The molecule has 1 rings (SSSR count). The molecule has 15 heavy (non-hydrogen) atoms. The van der Waals surface area contributed by atoms with Gasteiger partial charge in [0.05, 0.1) is 5.75 Å². The van der Waals surface area contributed by atoms with Crippen LogP contribution in [-0.2, 0) is 9.53 Å². The SMILES string of the molecule is C[C@@H]1SCC(=O)[C@H]1NC(=O)OC(C)(C)C. The second-order valence-electron chi connectivity index (χ2n) is 4.61. The Labute approximate surface area is 94.1 Å². The summed E-state index contributed by atoms with van der Waals surface area (Å²) in [5.41, 5.74) is -0.526. The zero-order chi connectivity index (χ0) is 11.6. The first kappa shape index (κ1) is 12.4. The Morgan fingerprint density at radius 3 is 2.53 bits per heavy atom. The monoisotopic (exact) mass is 231 g/mol. The highest BCUT2D eigenvalue weighted by atomic mass is 32.2. The van der Waals surface area contributed by atoms with Crippen molar-refractivity contribution >= 4 is 23.6 Å². The first-order chi connectivity index (χ1) is 6.79. The first-order valence-electron chi connectivity index (χ1n) is 4.93. The quantitative estimate of drug-likeness (QED) is 0.744. The summed E-state index contributed by atoms with van der Waals surface area (Å²) < 4.78 is 5.08. The normalized spacial score (nSPS) is 26.5. The number of thioether (sulfide) groups is 1. The molecule has 0 aromatic heterocycles. The highest BCUT2D eigenvalue weighted by molar-refractivity contribution is 8.01. The number of nitrogens with one attached hydrogen (secondary N) is 1. The number of alkyl carbamates (subject to hydrolysis) is 1. The third-order valence-corrected chi connectivity index (χ3v) is 3.23. The van der Waals surface area contributed by atoms with E-state index in [-0.39, 0.29) is 11.0 Å². The molecule has 4 nitrogen and oxygen atoms in total. The summed E-state index contributed by atoms with van der Waals surface area (Å²) in [6, 6.07) is -0.398. The Morgan fingerprint density at radius 2 is 2.13 bits per heavy atom. The first-order valence-corrected chi connectivity index (χ1v) is 5.98. The lowest BCUT2D eigenvalue weighted by Gasteiger charge is -2.22. The van der Waals surface area contributed by atoms with Gasteiger partial charge in [-0.3, -0.25) is 4.79 Å². The summed E-state index contributed by atoms with van der Waals surface area (Å²) >= 11 is 1.55. The van der Waals surface area contributed by atoms with E-state index in [1.807, 2.05) is 6.92 Å². The van der Waals surface area contributed by atoms with Gasteiger partial charge in [0.25, 0.3) is 0 Å². The molecule has 2 atom stereocenters. The lowest BCUT2D eigenvalue weighted by atomic mass is 10.1. The molecule has 0 radical (unpaired) electrons. The van der Waals surface area contributed by atoms with Crippen LogP contribution in [0.15, 0.2) is 0 Å². The third-order valence-electron chi connectivity index (χ3n) is 1.98. The average molecular weight is 231 g/mol. The molecular formula is C10H17NO3S. The van der Waals surface area contributed by atoms with E-state index in [4.69, 9.17) is 4.74 Å². The summed E-state index contributed by atoms with van der Waals surface area (Å²) in [6.45, 7) is 7.31. The van der Waals surface area contributed by atoms with E-state index >= 15 is 0 Å². The molecule has 0 unspecified atom stereocenters. The van der Waals surface area contributed by atoms with Gasteiger partial charge in [-0.05, 0) is 20.8 Å². The molecule has 1 fully saturated rings. The number of carbonyl (C=O) groups excluding carboxylic acids is 2. The second-order valence-corrected chi connectivity index (χ2v) is 5.97. The fourth-order valence-electron chi connectivity index (χ4n) is 1.29. The molecule has 0 aromatic rings. The molecule has 0 aliphatic carbocycles. The number of ketones is 1. The van der Waals surface area contributed by atoms with Gasteiger partial charge in [-0.25, -0.2) is 4.79 Å². The van der Waals surface area contributed by atoms with Gasteiger partial charge in [0.2, 0.25) is 0 Å². The van der Waals surface area contributed by atoms with Crippen LogP contribution in [0, 0.1) is 0 Å². The van der Waals surface area contributed by atoms with Gasteiger partial charge in [0.15, 0.2) is 5.78 Å². The standard InChI is InChI=1S/C10H17NO3S/c1-6-8(7(12)5-15-6)11-9(13)14-10(2,3)4/h6,8H,5H2,1-4H3,(H,11,13)/t6-,8-/m0/s1. The fraction of sp³-hybridized carbons (Fsp3) is 0.800. The van der Waals surface area contributed by atoms with Crippen molar-refractivity contribution in [2.75, 3.05) is 5.75 Å². The minimum Gasteiger partial charge on any atom is -0.444 e. The lowest BCUT2D eigenvalue weighted by molar-refractivity contribution is -0.118. The van der Waals surface area contributed by atoms with Crippen LogP contribution >= 0.6 is 11.8 Å². The van der Waals surface area contributed by atoms with Crippen LogP contribution in [0.25, 0.3) is 0 Å². The highest BCUT2D eigenvalue weighted by Gasteiger charge is 2.34. The molecule has 0 saturated carbocycles. The zero-order valence-corrected chi connectivity index (χ0v) is 10.3. The fourth-order valence-corrected chi connectivity index (χ4v) is 2.31. The van der Waals surface area contributed by atoms with Crippen LogP contribution in [0.4, 0.5) is 4.79 Å². The maximum atomic E-state index is 11.4. The third kappa shape index (κ3) is 3.74. The highest BCUT2D eigenvalue weighted by Crippen LogP contribution is 2.23. The summed E-state index contributed by atoms with van der Waals surface area (Å²) in [4.78, 5) is 22.8. The topological polar surface area (TPSA) is 55.4 Å². The van der Waals surface area contributed by atoms with Gasteiger partial charge in [0, 0.05) is 5.25 Å². The number of amides is 1. The molecule has 1 saturated heterocycles. The van der Waals surface area contributed by atoms with Crippen LogP contribution in [0.3, 0.4) is 0 Å². The minimum atomic E-state index is -0.526. The van der Waals surface area contributed by atoms with Gasteiger partial charge in [0.1, 0.15) is 11.6 Å². The van der Waals surface area contributed by atoms with Crippen LogP contribution in [0.2, 0.25) is 0 Å². The summed E-state index contributed by atoms with van der Waals surface area (Å²) in [5, 5.41) is 2.73. The Kier molecular flexibility index (Phi) is 3.65. The molecular weight excluding hydrogens is 214 g/mol. The van der Waals surface area contributed by atoms with Crippen molar-refractivity contribution in [1.82, 2.24) is 5.32 Å². The van der Waals surface area contributed by atoms with E-state index in [2.05, 4.69) is 5.32 Å². The van der Waals surface area contributed by atoms with E-state index in [0.29, 0.717) is 5.75 Å². The van der Waals surface area contributed by atoms with Crippen molar-refractivity contribution in [3.63, 3.8) is 0 Å². The van der Waals surface area contributed by atoms with Gasteiger partial charge < -0.3 is 10.1 Å². The molecule has 1 aliphatic heterocycles. The Balaban J connectivity index is 2.48. The molecule has 1 amide bonds. The number of hydrogen-bond acceptors (Lipinski definition) is 4. The number of ether oxygens (including phenoxy) is 1. The summed E-state index contributed by atoms with van der Waals surface area (Å²) in [7, 11) is 0. The van der Waals surface area contributed by atoms with Gasteiger partial charge in [-0.15, -0.1) is 11.8 Å². The predicted molar refractivity (Wildman–Crippen MR) is 60.1 cm³/mol. The Morgan fingerprint density at radius 1 is 1.53 bits per heavy atom. The van der Waals surface area contributed by atoms with Crippen LogP contribution in [0.1, 0.15) is 27.7 Å². The number of carbonyl (C=O) groups is 2. The Bertz CT molecular complexity index is 272. The lowest BCUT2D eigenvalue weighted by Crippen LogP contribution is -2.45. The van der Waals surface area contributed by atoms with Crippen LogP contribution in [0.5, 0.6) is 0 Å². The van der Waals surface area contributed by atoms with Crippen molar-refractivity contribution in [3.8, 4) is 0 Å². The molecule has 0 spiro atoms. The minimum absolute atomic E-state index is 0.0679. The summed E-state index contributed by atoms with van der Waals surface area (Å²) in [5.74, 6) is 0.542. The molecule has 1 aliphatic rings. The van der Waals surface area contributed by atoms with E-state index in [1.54, 1.807) is 32.5 Å². The molecule has 0 aromatic carbocycles. The van der Waals surface area contributed by atoms with Gasteiger partial charge in [-0.1, -0.05) is 6.92 Å². The van der Waals surface area contributed by atoms with Crippen molar-refractivity contribution in [3.05, 3.63) is 0 Å². The number of rotatable bonds is 1. The largest absolute Gasteiger partial charge is 0.444 e. The molecule has 1 N–H and O–H groups in total. The van der Waals surface area contributed by atoms with Gasteiger partial charge >= 0.3 is 6.09 Å². The molecule has 86 valence electrons. The van der Waals surface area contributed by atoms with E-state index in [1.165, 1.54) is 0 Å². The molecule has 1 heterocycles. The van der Waals surface area contributed by atoms with Crippen molar-refractivity contribution < 1.29 is 14.3 Å². The van der Waals surface area contributed by atoms with Crippen LogP contribution < -0.4 is 5.32 Å². The van der Waals surface area contributed by atoms with E-state index in [9.17, 15) is 9.59 Å². The Hall–Kier alpha value is -0.710. The predicted octanol–water partition coefficient (Wildman–Crippen LogP) is 1.58.